The molecule has 0 fully saturated rings. The normalized spacial score (nSPS) is 9.55. The molecule has 4 aromatic heterocycles. The van der Waals surface area contributed by atoms with E-state index in [1.807, 2.05) is 0 Å². The number of H-pyrrole nitrogens is 2. The minimum atomic E-state index is -0.667. The second-order valence-electron chi connectivity index (χ2n) is 7.90. The Morgan fingerprint density at radius 1 is 0.921 bits per heavy atom. The van der Waals surface area contributed by atoms with Crippen molar-refractivity contribution in [3.63, 3.8) is 0 Å². The summed E-state index contributed by atoms with van der Waals surface area (Å²) in [6, 6.07) is 2.99. The Balaban J connectivity index is 0.000000451. The lowest BCUT2D eigenvalue weighted by molar-refractivity contribution is 0.319. The summed E-state index contributed by atoms with van der Waals surface area (Å²) in [7, 11) is 0. The third kappa shape index (κ3) is 18.5. The molecule has 0 aliphatic rings. The Hall–Kier alpha value is -3.77. The molecular weight excluding hydrogens is 536 g/mol. The van der Waals surface area contributed by atoms with Crippen molar-refractivity contribution < 1.29 is 4.39 Å². The maximum absolute atomic E-state index is 12.0. The summed E-state index contributed by atoms with van der Waals surface area (Å²) >= 11 is 10.7. The van der Waals surface area contributed by atoms with Crippen molar-refractivity contribution in [3.8, 4) is 0 Å². The lowest BCUT2D eigenvalue weighted by atomic mass is 9.86. The van der Waals surface area contributed by atoms with E-state index in [1.165, 1.54) is 62.9 Å². The molecule has 0 atom stereocenters. The van der Waals surface area contributed by atoms with Gasteiger partial charge in [0.2, 0.25) is 5.95 Å². The fraction of sp³-hybridized carbons (Fsp3) is 0.333. The van der Waals surface area contributed by atoms with Gasteiger partial charge in [0, 0.05) is 18.5 Å². The van der Waals surface area contributed by atoms with Gasteiger partial charge in [-0.15, -0.1) is 0 Å². The molecule has 0 bridgehead atoms. The van der Waals surface area contributed by atoms with Crippen LogP contribution in [0.3, 0.4) is 0 Å². The lowest BCUT2D eigenvalue weighted by Gasteiger charge is -2.20. The Morgan fingerprint density at radius 3 is 1.87 bits per heavy atom. The second kappa shape index (κ2) is 20.3. The van der Waals surface area contributed by atoms with Crippen molar-refractivity contribution in [1.82, 2.24) is 39.9 Å². The Bertz CT molecular complexity index is 1220. The van der Waals surface area contributed by atoms with Crippen molar-refractivity contribution in [2.24, 2.45) is 5.41 Å². The number of nitrogens with one attached hydrogen (secondary N) is 2. The van der Waals surface area contributed by atoms with Crippen LogP contribution in [0, 0.1) is 11.4 Å². The highest BCUT2D eigenvalue weighted by Crippen LogP contribution is 2.25. The van der Waals surface area contributed by atoms with Crippen LogP contribution < -0.4 is 16.9 Å². The summed E-state index contributed by atoms with van der Waals surface area (Å²) in [6.07, 6.45) is 14.7. The van der Waals surface area contributed by atoms with Gasteiger partial charge < -0.3 is 15.7 Å². The molecule has 0 aromatic carbocycles. The van der Waals surface area contributed by atoms with Gasteiger partial charge in [0.15, 0.2) is 0 Å². The third-order valence-electron chi connectivity index (χ3n) is 4.39. The number of hydrogen-bond donors (Lipinski definition) is 3. The molecule has 0 aliphatic heterocycles. The highest BCUT2D eigenvalue weighted by atomic mass is 35.5. The van der Waals surface area contributed by atoms with E-state index in [4.69, 9.17) is 28.9 Å². The van der Waals surface area contributed by atoms with Crippen molar-refractivity contribution in [2.45, 2.75) is 47.0 Å². The van der Waals surface area contributed by atoms with E-state index in [0.717, 1.165) is 6.33 Å². The van der Waals surface area contributed by atoms with Gasteiger partial charge in [-0.2, -0.15) is 4.39 Å². The Morgan fingerprint density at radius 2 is 1.58 bits per heavy atom. The Kier molecular flexibility index (Phi) is 18.3. The first-order valence-electron chi connectivity index (χ1n) is 11.3. The topological polar surface area (TPSA) is 169 Å². The van der Waals surface area contributed by atoms with Crippen LogP contribution >= 0.6 is 23.2 Å². The first kappa shape index (κ1) is 34.2. The highest BCUT2D eigenvalue weighted by molar-refractivity contribution is 6.30. The fourth-order valence-electron chi connectivity index (χ4n) is 2.08. The number of nitrogen functional groups attached to an aromatic ring is 1. The van der Waals surface area contributed by atoms with Crippen LogP contribution in [0.25, 0.3) is 0 Å². The molecule has 4 aromatic rings. The van der Waals surface area contributed by atoms with E-state index < -0.39 is 5.95 Å². The predicted octanol–water partition coefficient (Wildman–Crippen LogP) is 4.74. The molecule has 0 spiro atoms. The summed E-state index contributed by atoms with van der Waals surface area (Å²) in [5.74, 6) is -0.667. The molecule has 0 unspecified atom stereocenters. The van der Waals surface area contributed by atoms with E-state index in [0.29, 0.717) is 10.6 Å². The quantitative estimate of drug-likeness (QED) is 0.295. The van der Waals surface area contributed by atoms with Gasteiger partial charge in [-0.05, 0) is 17.9 Å². The standard InChI is InChI=1S/C8H18.C4H3ClN2O.C4H3ClN2.C4H4FN3.C4H4N2O/c1-5-7-8(3,4)6-2;5-3-1-6-2-7-4(3)8;5-4-1-2-6-3-7-4;5-4-3(6)1-7-2-8-4;7-4-1-2-5-3-6-4/h5-7H2,1-4H3;1-2H,(H,6,7,8);1-3H;1-2H,6H2;1-3H,(H,5,6,7). The summed E-state index contributed by atoms with van der Waals surface area (Å²) in [4.78, 5) is 46.3. The third-order valence-corrected chi connectivity index (χ3v) is 4.88. The number of aromatic nitrogens is 8. The molecule has 0 amide bonds. The van der Waals surface area contributed by atoms with Crippen LogP contribution in [0.2, 0.25) is 10.2 Å². The van der Waals surface area contributed by atoms with Crippen LogP contribution in [0.4, 0.5) is 10.1 Å². The molecule has 0 saturated heterocycles. The van der Waals surface area contributed by atoms with E-state index in [-0.39, 0.29) is 21.8 Å². The number of nitrogens with zero attached hydrogens (tertiary/aromatic N) is 6. The highest BCUT2D eigenvalue weighted by Gasteiger charge is 2.11. The first-order valence-corrected chi connectivity index (χ1v) is 12.1. The van der Waals surface area contributed by atoms with Gasteiger partial charge in [0.1, 0.15) is 28.5 Å². The molecule has 0 saturated carbocycles. The minimum Gasteiger partial charge on any atom is -0.394 e. The maximum atomic E-state index is 12.0. The molecule has 4 heterocycles. The maximum Gasteiger partial charge on any atom is 0.269 e. The second-order valence-corrected chi connectivity index (χ2v) is 8.69. The molecule has 38 heavy (non-hydrogen) atoms. The van der Waals surface area contributed by atoms with Gasteiger partial charge in [-0.1, -0.05) is 63.7 Å². The van der Waals surface area contributed by atoms with Gasteiger partial charge in [0.05, 0.1) is 25.0 Å². The average Bonchev–Trinajstić information content (AvgIpc) is 2.90. The predicted molar refractivity (Wildman–Crippen MR) is 147 cm³/mol. The largest absolute Gasteiger partial charge is 0.394 e. The van der Waals surface area contributed by atoms with Crippen LogP contribution in [0.1, 0.15) is 47.0 Å². The van der Waals surface area contributed by atoms with Crippen molar-refractivity contribution in [1.29, 1.82) is 0 Å². The first-order chi connectivity index (χ1) is 18.0. The number of hydrogen-bond acceptors (Lipinski definition) is 9. The average molecular weight is 568 g/mol. The molecule has 11 nitrogen and oxygen atoms in total. The smallest absolute Gasteiger partial charge is 0.269 e. The molecule has 4 rings (SSSR count). The number of halogens is 3. The fourth-order valence-corrected chi connectivity index (χ4v) is 2.29. The van der Waals surface area contributed by atoms with E-state index in [9.17, 15) is 14.0 Å². The van der Waals surface area contributed by atoms with E-state index in [2.05, 4.69) is 67.6 Å². The Labute approximate surface area is 230 Å². The van der Waals surface area contributed by atoms with Gasteiger partial charge in [-0.25, -0.2) is 29.9 Å². The van der Waals surface area contributed by atoms with Crippen molar-refractivity contribution in [2.75, 3.05) is 5.73 Å². The monoisotopic (exact) mass is 567 g/mol. The molecule has 206 valence electrons. The van der Waals surface area contributed by atoms with Crippen molar-refractivity contribution >= 4 is 28.9 Å². The van der Waals surface area contributed by atoms with E-state index in [1.54, 1.807) is 12.3 Å². The van der Waals surface area contributed by atoms with Gasteiger partial charge in [-0.3, -0.25) is 9.59 Å². The summed E-state index contributed by atoms with van der Waals surface area (Å²) in [5, 5.41) is 0.600. The van der Waals surface area contributed by atoms with Crippen molar-refractivity contribution in [3.05, 3.63) is 99.1 Å². The SMILES string of the molecule is CCCC(C)(C)CC.Clc1ccncn1.Nc1cncnc1F.O=c1[nH]cncc1Cl.O=c1ccnc[nH]1. The lowest BCUT2D eigenvalue weighted by Crippen LogP contribution is -2.07. The zero-order chi connectivity index (χ0) is 28.8. The number of aromatic amines is 2. The van der Waals surface area contributed by atoms with Crippen LogP contribution in [-0.2, 0) is 0 Å². The van der Waals surface area contributed by atoms with Crippen LogP contribution in [-0.4, -0.2) is 39.9 Å². The van der Waals surface area contributed by atoms with Gasteiger partial charge >= 0.3 is 0 Å². The van der Waals surface area contributed by atoms with Gasteiger partial charge in [0.25, 0.3) is 11.1 Å². The molecular formula is C24H32Cl2FN9O2. The molecule has 0 radical (unpaired) electrons. The number of anilines is 1. The van der Waals surface area contributed by atoms with E-state index >= 15 is 0 Å². The zero-order valence-electron chi connectivity index (χ0n) is 21.6. The molecule has 4 N–H and O–H groups in total. The minimum absolute atomic E-state index is 0.0208. The summed E-state index contributed by atoms with van der Waals surface area (Å²) < 4.78 is 12.0. The van der Waals surface area contributed by atoms with Crippen LogP contribution in [0.15, 0.2) is 71.8 Å². The number of nitrogens with two attached hydrogens (primary N) is 1. The number of rotatable bonds is 3. The zero-order valence-corrected chi connectivity index (χ0v) is 23.1. The van der Waals surface area contributed by atoms with Crippen LogP contribution in [0.5, 0.6) is 0 Å². The summed E-state index contributed by atoms with van der Waals surface area (Å²) in [6.45, 7) is 9.17. The molecule has 0 aliphatic carbocycles. The summed E-state index contributed by atoms with van der Waals surface area (Å²) in [5.41, 5.74) is 5.17. The molecule has 14 heteroatoms.